The molecule has 0 N–H and O–H groups in total. The summed E-state index contributed by atoms with van der Waals surface area (Å²) < 4.78 is 123. The molecule has 0 unspecified atom stereocenters. The fourth-order valence-corrected chi connectivity index (χ4v) is 7.13. The van der Waals surface area contributed by atoms with Crippen LogP contribution in [0, 0.1) is 0 Å². The predicted molar refractivity (Wildman–Crippen MR) is 216 cm³/mol. The number of hydrogen-bond donors (Lipinski definition) is 0. The van der Waals surface area contributed by atoms with E-state index >= 15 is 0 Å². The average Bonchev–Trinajstić information content (AvgIpc) is 3.71. The Morgan fingerprint density at radius 1 is 0.353 bits per heavy atom. The Hall–Kier alpha value is -6.70. The van der Waals surface area contributed by atoms with E-state index in [0.717, 1.165) is 38.8 Å². The van der Waals surface area contributed by atoms with Crippen molar-refractivity contribution in [3.63, 3.8) is 0 Å². The van der Waals surface area contributed by atoms with Crippen molar-refractivity contribution in [3.05, 3.63) is 194 Å². The first-order valence-electron chi connectivity index (χ1n) is 22.9. The molecule has 0 aliphatic carbocycles. The Balaban J connectivity index is 1.37. The largest absolute Gasteiger partial charge is 0.455 e. The molecular formula is C50H32O. The zero-order valence-electron chi connectivity index (χ0n) is 39.9. The topological polar surface area (TPSA) is 13.1 Å². The first-order valence-corrected chi connectivity index (χ1v) is 16.4. The van der Waals surface area contributed by atoms with Gasteiger partial charge >= 0.3 is 0 Å². The molecule has 1 heterocycles. The minimum absolute atomic E-state index is 0.0457. The number of benzene rings is 9. The van der Waals surface area contributed by atoms with Crippen molar-refractivity contribution in [3.8, 4) is 55.6 Å². The molecule has 0 fully saturated rings. The molecule has 0 saturated heterocycles. The number of hydrogen-bond acceptors (Lipinski definition) is 1. The molecular weight excluding hydrogens is 617 g/mol. The molecule has 0 spiro atoms. The van der Waals surface area contributed by atoms with Crippen molar-refractivity contribution in [2.24, 2.45) is 0 Å². The highest BCUT2D eigenvalue weighted by Crippen LogP contribution is 2.47. The molecule has 0 atom stereocenters. The summed E-state index contributed by atoms with van der Waals surface area (Å²) in [6, 6.07) is 28.7. The van der Waals surface area contributed by atoms with Crippen LogP contribution >= 0.6 is 0 Å². The fraction of sp³-hybridized carbons (Fsp3) is 0. The van der Waals surface area contributed by atoms with Crippen molar-refractivity contribution in [2.75, 3.05) is 0 Å². The van der Waals surface area contributed by atoms with Crippen molar-refractivity contribution in [1.29, 1.82) is 0 Å². The Labute approximate surface area is 315 Å². The monoisotopic (exact) mass is 661 g/mol. The summed E-state index contributed by atoms with van der Waals surface area (Å²) >= 11 is 0. The highest BCUT2D eigenvalue weighted by atomic mass is 16.3. The molecule has 9 aromatic carbocycles. The lowest BCUT2D eigenvalue weighted by Gasteiger charge is -2.17. The van der Waals surface area contributed by atoms with Crippen molar-refractivity contribution < 1.29 is 22.2 Å². The highest BCUT2D eigenvalue weighted by Gasteiger charge is 2.20. The zero-order chi connectivity index (χ0) is 45.0. The third-order valence-corrected chi connectivity index (χ3v) is 9.42. The molecule has 0 aliphatic heterocycles. The van der Waals surface area contributed by atoms with E-state index in [1.807, 2.05) is 97.1 Å². The van der Waals surface area contributed by atoms with E-state index in [0.29, 0.717) is 22.1 Å². The van der Waals surface area contributed by atoms with Gasteiger partial charge in [-0.1, -0.05) is 176 Å². The van der Waals surface area contributed by atoms with Crippen LogP contribution in [-0.4, -0.2) is 0 Å². The second-order valence-corrected chi connectivity index (χ2v) is 12.2. The molecule has 10 rings (SSSR count). The van der Waals surface area contributed by atoms with Crippen LogP contribution in [0.3, 0.4) is 0 Å². The minimum atomic E-state index is -0.722. The number of rotatable bonds is 5. The second kappa shape index (κ2) is 12.0. The summed E-state index contributed by atoms with van der Waals surface area (Å²) in [6.45, 7) is 0. The maximum absolute atomic E-state index is 9.41. The summed E-state index contributed by atoms with van der Waals surface area (Å²) in [7, 11) is 0. The normalized spacial score (nSPS) is 15.1. The molecule has 0 radical (unpaired) electrons. The van der Waals surface area contributed by atoms with Crippen LogP contribution in [-0.2, 0) is 0 Å². The SMILES string of the molecule is [2H]c1c([2H])c([2H])c(-c2c3c([2H])c([2H])c([2H])c([2H])c3c(-c3ccc4oc5c(-c6ccccc6)ccc(-c6ccc(-c7ccccc7)cc6)c5c4c3)c3c([2H])c([2H])c([2H])c([2H])c23)c([2H])c1[2H]. The van der Waals surface area contributed by atoms with Gasteiger partial charge in [0.15, 0.2) is 0 Å². The first kappa shape index (κ1) is 18.9. The molecule has 0 saturated carbocycles. The van der Waals surface area contributed by atoms with E-state index in [1.54, 1.807) is 18.2 Å². The Kier molecular flexibility index (Phi) is 4.45. The van der Waals surface area contributed by atoms with Gasteiger partial charge in [0.25, 0.3) is 0 Å². The van der Waals surface area contributed by atoms with Crippen LogP contribution in [0.2, 0.25) is 0 Å². The lowest BCUT2D eigenvalue weighted by molar-refractivity contribution is 0.670. The molecule has 238 valence electrons. The van der Waals surface area contributed by atoms with Crippen molar-refractivity contribution in [1.82, 2.24) is 0 Å². The van der Waals surface area contributed by atoms with Crippen LogP contribution in [0.1, 0.15) is 17.8 Å². The van der Waals surface area contributed by atoms with E-state index in [4.69, 9.17) is 16.8 Å². The van der Waals surface area contributed by atoms with Crippen LogP contribution < -0.4 is 0 Å². The molecule has 51 heavy (non-hydrogen) atoms. The average molecular weight is 662 g/mol. The standard InChI is InChI=1S/C50H32O/c1-4-14-33(15-5-1)34-24-26-36(27-25-34)39-29-30-40(35-16-6-2-7-17-35)50-49(39)45-32-38(28-31-46(45)51-50)48-43-22-12-10-20-41(43)47(37-18-8-3-9-19-37)42-21-11-13-23-44(42)48/h1-32H/i3D,8D,9D,10D,11D,12D,13D,18D,19D,20D,21D,22D,23D. The zero-order valence-corrected chi connectivity index (χ0v) is 26.9. The molecule has 0 bridgehead atoms. The van der Waals surface area contributed by atoms with Crippen molar-refractivity contribution in [2.45, 2.75) is 0 Å². The number of furan rings is 1. The van der Waals surface area contributed by atoms with Crippen LogP contribution in [0.25, 0.3) is 99.1 Å². The maximum atomic E-state index is 9.41. The molecule has 0 amide bonds. The van der Waals surface area contributed by atoms with Gasteiger partial charge in [-0.15, -0.1) is 0 Å². The predicted octanol–water partition coefficient (Wildman–Crippen LogP) is 14.2. The van der Waals surface area contributed by atoms with E-state index in [2.05, 4.69) is 0 Å². The van der Waals surface area contributed by atoms with Gasteiger partial charge in [-0.05, 0) is 89.8 Å². The van der Waals surface area contributed by atoms with Crippen LogP contribution in [0.15, 0.2) is 198 Å². The third kappa shape index (κ3) is 4.86. The van der Waals surface area contributed by atoms with Gasteiger partial charge in [0.1, 0.15) is 11.2 Å². The van der Waals surface area contributed by atoms with Gasteiger partial charge in [0.2, 0.25) is 0 Å². The molecule has 1 nitrogen and oxygen atoms in total. The molecule has 10 aromatic rings. The van der Waals surface area contributed by atoms with Crippen LogP contribution in [0.5, 0.6) is 0 Å². The Bertz CT molecular complexity index is 3510. The highest BCUT2D eigenvalue weighted by molar-refractivity contribution is 6.23. The first-order chi connectivity index (χ1) is 30.7. The quantitative estimate of drug-likeness (QED) is 0.167. The maximum Gasteiger partial charge on any atom is 0.143 e. The number of fused-ring (bicyclic) bond motifs is 5. The van der Waals surface area contributed by atoms with Gasteiger partial charge in [-0.3, -0.25) is 0 Å². The summed E-state index contributed by atoms with van der Waals surface area (Å²) in [5, 5.41) is 0.516. The molecule has 1 heteroatoms. The van der Waals surface area contributed by atoms with E-state index in [-0.39, 0.29) is 32.7 Å². The second-order valence-electron chi connectivity index (χ2n) is 12.2. The van der Waals surface area contributed by atoms with E-state index < -0.39 is 84.1 Å². The Morgan fingerprint density at radius 3 is 1.45 bits per heavy atom. The summed E-state index contributed by atoms with van der Waals surface area (Å²) in [6.07, 6.45) is 0. The van der Waals surface area contributed by atoms with Crippen LogP contribution in [0.4, 0.5) is 0 Å². The third-order valence-electron chi connectivity index (χ3n) is 9.42. The summed E-state index contributed by atoms with van der Waals surface area (Å²) in [5.41, 5.74) is 6.18. The smallest absolute Gasteiger partial charge is 0.143 e. The van der Waals surface area contributed by atoms with Gasteiger partial charge in [-0.25, -0.2) is 0 Å². The van der Waals surface area contributed by atoms with Gasteiger partial charge < -0.3 is 4.42 Å². The lowest BCUT2D eigenvalue weighted by atomic mass is 9.85. The summed E-state index contributed by atoms with van der Waals surface area (Å²) in [5.74, 6) is 0. The van der Waals surface area contributed by atoms with Gasteiger partial charge in [0.05, 0.1) is 17.8 Å². The van der Waals surface area contributed by atoms with Crippen molar-refractivity contribution >= 4 is 43.5 Å². The summed E-state index contributed by atoms with van der Waals surface area (Å²) in [4.78, 5) is 0. The molecule has 0 aliphatic rings. The lowest BCUT2D eigenvalue weighted by Crippen LogP contribution is -1.90. The van der Waals surface area contributed by atoms with E-state index in [9.17, 15) is 5.48 Å². The fourth-order valence-electron chi connectivity index (χ4n) is 7.13. The molecule has 1 aromatic heterocycles. The Morgan fingerprint density at radius 2 is 0.824 bits per heavy atom. The minimum Gasteiger partial charge on any atom is -0.455 e. The van der Waals surface area contributed by atoms with Gasteiger partial charge in [-0.2, -0.15) is 0 Å². The van der Waals surface area contributed by atoms with Gasteiger partial charge in [0, 0.05) is 16.3 Å². The van der Waals surface area contributed by atoms with E-state index in [1.165, 1.54) is 0 Å².